The molecule has 7 nitrogen and oxygen atoms in total. The van der Waals surface area contributed by atoms with Gasteiger partial charge in [0.15, 0.2) is 12.1 Å². The molecule has 0 aromatic carbocycles. The van der Waals surface area contributed by atoms with Crippen molar-refractivity contribution in [2.45, 2.75) is 90.2 Å². The molecular weight excluding hydrogens is 412 g/mol. The first kappa shape index (κ1) is 22.9. The van der Waals surface area contributed by atoms with Crippen LogP contribution >= 0.6 is 0 Å². The molecule has 0 unspecified atom stereocenters. The number of hydrogen-bond acceptors (Lipinski definition) is 7. The average Bonchev–Trinajstić information content (AvgIpc) is 2.81. The summed E-state index contributed by atoms with van der Waals surface area (Å²) < 4.78 is 12.4. The zero-order valence-electron chi connectivity index (χ0n) is 19.6. The van der Waals surface area contributed by atoms with E-state index in [1.807, 2.05) is 13.8 Å². The van der Waals surface area contributed by atoms with Crippen LogP contribution < -0.4 is 0 Å². The van der Waals surface area contributed by atoms with E-state index in [0.717, 1.165) is 6.42 Å². The number of hydrogen-bond donors (Lipinski definition) is 4. The van der Waals surface area contributed by atoms with Crippen molar-refractivity contribution in [1.29, 1.82) is 0 Å². The van der Waals surface area contributed by atoms with Gasteiger partial charge in [-0.1, -0.05) is 34.3 Å². The van der Waals surface area contributed by atoms with E-state index in [4.69, 9.17) is 9.47 Å². The van der Waals surface area contributed by atoms with Gasteiger partial charge in [-0.25, -0.2) is 0 Å². The maximum absolute atomic E-state index is 13.7. The van der Waals surface area contributed by atoms with Crippen LogP contribution in [0.25, 0.3) is 0 Å². The maximum Gasteiger partial charge on any atom is 0.211 e. The van der Waals surface area contributed by atoms with Crippen molar-refractivity contribution < 1.29 is 34.7 Å². The third-order valence-corrected chi connectivity index (χ3v) is 9.87. The Balaban J connectivity index is 1.73. The Bertz CT molecular complexity index is 838. The number of aliphatic hydroxyl groups is 4. The highest BCUT2D eigenvalue weighted by Gasteiger charge is 2.89. The lowest BCUT2D eigenvalue weighted by molar-refractivity contribution is -0.511. The first-order valence-electron chi connectivity index (χ1n) is 12.2. The summed E-state index contributed by atoms with van der Waals surface area (Å²) in [5, 5.41) is 46.8. The lowest BCUT2D eigenvalue weighted by Crippen LogP contribution is -2.88. The summed E-state index contributed by atoms with van der Waals surface area (Å²) in [5.74, 6) is -3.96. The molecule has 2 aliphatic heterocycles. The predicted octanol–water partition coefficient (Wildman–Crippen LogP) is 1.76. The van der Waals surface area contributed by atoms with Crippen LogP contribution in [-0.2, 0) is 14.3 Å². The van der Waals surface area contributed by atoms with E-state index in [2.05, 4.69) is 20.4 Å². The van der Waals surface area contributed by atoms with Gasteiger partial charge in [0, 0.05) is 11.8 Å². The van der Waals surface area contributed by atoms with Gasteiger partial charge < -0.3 is 29.9 Å². The van der Waals surface area contributed by atoms with E-state index in [-0.39, 0.29) is 5.57 Å². The highest BCUT2D eigenvalue weighted by atomic mass is 16.8. The Morgan fingerprint density at radius 3 is 2.50 bits per heavy atom. The molecule has 4 bridgehead atoms. The first-order valence-corrected chi connectivity index (χ1v) is 12.2. The third-order valence-electron chi connectivity index (χ3n) is 9.87. The molecule has 7 heteroatoms. The molecule has 2 saturated heterocycles. The van der Waals surface area contributed by atoms with Gasteiger partial charge in [-0.2, -0.15) is 0 Å². The predicted molar refractivity (Wildman–Crippen MR) is 115 cm³/mol. The van der Waals surface area contributed by atoms with Crippen molar-refractivity contribution in [3.05, 3.63) is 12.2 Å². The summed E-state index contributed by atoms with van der Waals surface area (Å²) in [6, 6.07) is 0. The first-order chi connectivity index (χ1) is 14.9. The van der Waals surface area contributed by atoms with E-state index < -0.39 is 70.2 Å². The molecule has 0 aromatic heterocycles. The van der Waals surface area contributed by atoms with Crippen molar-refractivity contribution in [1.82, 2.24) is 0 Å². The fraction of sp³-hybridized carbons (Fsp3) is 0.880. The van der Waals surface area contributed by atoms with Crippen LogP contribution in [0.3, 0.4) is 0 Å². The number of rotatable bonds is 4. The lowest BCUT2D eigenvalue weighted by atomic mass is 9.35. The van der Waals surface area contributed by atoms with Crippen LogP contribution in [0, 0.1) is 39.9 Å². The van der Waals surface area contributed by atoms with Crippen LogP contribution in [0.1, 0.15) is 59.8 Å². The number of Topliss-reactive ketones (excluding diaryl/α,β-unsaturated/α-hetero) is 1. The maximum atomic E-state index is 13.7. The summed E-state index contributed by atoms with van der Waals surface area (Å²) in [4.78, 5) is 13.7. The monoisotopic (exact) mass is 450 g/mol. The van der Waals surface area contributed by atoms with E-state index in [1.165, 1.54) is 0 Å². The Hall–Kier alpha value is -0.830. The molecule has 0 radical (unpaired) electrons. The van der Waals surface area contributed by atoms with E-state index in [0.29, 0.717) is 38.2 Å². The van der Waals surface area contributed by atoms with Crippen molar-refractivity contribution in [3.63, 3.8) is 0 Å². The topological polar surface area (TPSA) is 116 Å². The van der Waals surface area contributed by atoms with Crippen LogP contribution in [0.5, 0.6) is 0 Å². The van der Waals surface area contributed by atoms with Crippen LogP contribution in [0.4, 0.5) is 0 Å². The van der Waals surface area contributed by atoms with Crippen molar-refractivity contribution in [2.75, 3.05) is 6.61 Å². The highest BCUT2D eigenvalue weighted by Crippen LogP contribution is 2.78. The zero-order chi connectivity index (χ0) is 23.4. The number of aliphatic hydroxyl groups excluding tert-OH is 3. The van der Waals surface area contributed by atoms with Crippen LogP contribution in [-0.4, -0.2) is 63.2 Å². The Labute approximate surface area is 189 Å². The Morgan fingerprint density at radius 2 is 1.84 bits per heavy atom. The number of carbonyl (C=O) groups is 1. The van der Waals surface area contributed by atoms with Crippen LogP contribution in [0.2, 0.25) is 0 Å². The molecule has 2 spiro atoms. The summed E-state index contributed by atoms with van der Waals surface area (Å²) in [6.07, 6.45) is -1.54. The standard InChI is InChI=1S/C25H38O7/c1-12(2)9-11-31-21-23-15-7-6-14-13(3)18(27)24(15,19(14)28)25(30,32-21)20(29)17(23)22(4,5)10-8-16(23)26/h12,14-17,19-21,26,28-30H,3,6-11H2,1-2,4-5H3/t14-,15-,16-,17+,19+,20-,21-,23-,24-,25+/m1/s1. The van der Waals surface area contributed by atoms with Gasteiger partial charge in [0.25, 0.3) is 0 Å². The Morgan fingerprint density at radius 1 is 1.16 bits per heavy atom. The second-order valence-electron chi connectivity index (χ2n) is 12.1. The van der Waals surface area contributed by atoms with Gasteiger partial charge in [0.2, 0.25) is 5.79 Å². The molecule has 4 N–H and O–H groups in total. The van der Waals surface area contributed by atoms with Gasteiger partial charge in [-0.3, -0.25) is 4.79 Å². The van der Waals surface area contributed by atoms with Gasteiger partial charge in [-0.15, -0.1) is 0 Å². The number of ketones is 1. The molecule has 6 aliphatic rings. The van der Waals surface area contributed by atoms with Crippen molar-refractivity contribution >= 4 is 5.78 Å². The minimum absolute atomic E-state index is 0.284. The zero-order valence-corrected chi connectivity index (χ0v) is 19.6. The van der Waals surface area contributed by atoms with Crippen LogP contribution in [0.15, 0.2) is 12.2 Å². The number of fused-ring (bicyclic) bond motifs is 2. The minimum atomic E-state index is -2.31. The molecule has 10 atom stereocenters. The number of carbonyl (C=O) groups excluding carboxylic acids is 1. The van der Waals surface area contributed by atoms with Gasteiger partial charge >= 0.3 is 0 Å². The third kappa shape index (κ3) is 2.31. The molecule has 4 saturated carbocycles. The second kappa shape index (κ2) is 6.86. The molecular formula is C25H38O7. The largest absolute Gasteiger partial charge is 0.392 e. The lowest BCUT2D eigenvalue weighted by Gasteiger charge is -2.76. The Kier molecular flexibility index (Phi) is 4.92. The van der Waals surface area contributed by atoms with Gasteiger partial charge in [-0.05, 0) is 54.9 Å². The normalized spacial score (nSPS) is 53.5. The molecule has 180 valence electrons. The number of ether oxygens (including phenoxy) is 2. The average molecular weight is 451 g/mol. The van der Waals surface area contributed by atoms with Crippen molar-refractivity contribution in [2.24, 2.45) is 39.9 Å². The quantitative estimate of drug-likeness (QED) is 0.482. The summed E-state index contributed by atoms with van der Waals surface area (Å²) >= 11 is 0. The molecule has 0 amide bonds. The smallest absolute Gasteiger partial charge is 0.211 e. The minimum Gasteiger partial charge on any atom is -0.392 e. The molecule has 4 aliphatic carbocycles. The molecule has 6 fully saturated rings. The fourth-order valence-electron chi connectivity index (χ4n) is 8.52. The summed E-state index contributed by atoms with van der Waals surface area (Å²) in [5.41, 5.74) is -3.01. The van der Waals surface area contributed by atoms with E-state index >= 15 is 0 Å². The molecule has 6 rings (SSSR count). The fourth-order valence-corrected chi connectivity index (χ4v) is 8.52. The van der Waals surface area contributed by atoms with E-state index in [9.17, 15) is 25.2 Å². The summed E-state index contributed by atoms with van der Waals surface area (Å²) in [7, 11) is 0. The molecule has 0 aromatic rings. The van der Waals surface area contributed by atoms with Crippen molar-refractivity contribution in [3.8, 4) is 0 Å². The second-order valence-corrected chi connectivity index (χ2v) is 12.1. The van der Waals surface area contributed by atoms with Gasteiger partial charge in [0.05, 0.1) is 24.2 Å². The highest BCUT2D eigenvalue weighted by molar-refractivity contribution is 6.05. The van der Waals surface area contributed by atoms with E-state index in [1.54, 1.807) is 0 Å². The summed E-state index contributed by atoms with van der Waals surface area (Å²) in [6.45, 7) is 12.6. The molecule has 2 heterocycles. The molecule has 32 heavy (non-hydrogen) atoms. The SMILES string of the molecule is C=C1C(=O)[C@]23[C@H](CC[C@H]1[C@@H]2O)[C@]12[C@H](OCCC(C)C)O[C@@]3(O)[C@H](O)[C@H]1C(C)(C)CC[C@H]2O. The van der Waals surface area contributed by atoms with Gasteiger partial charge in [0.1, 0.15) is 11.5 Å².